The van der Waals surface area contributed by atoms with E-state index in [0.717, 1.165) is 16.4 Å². The van der Waals surface area contributed by atoms with Crippen LogP contribution >= 0.6 is 0 Å². The maximum atomic E-state index is 13.6. The Kier molecular flexibility index (Phi) is 3.05. The van der Waals surface area contributed by atoms with Gasteiger partial charge < -0.3 is 5.11 Å². The van der Waals surface area contributed by atoms with Crippen molar-refractivity contribution in [2.24, 2.45) is 0 Å². The summed E-state index contributed by atoms with van der Waals surface area (Å²) in [5, 5.41) is 19.4. The van der Waals surface area contributed by atoms with Crippen LogP contribution in [0.15, 0.2) is 23.1 Å². The molecule has 1 N–H and O–H groups in total. The number of non-ortho nitro benzene ring substituents is 1. The van der Waals surface area contributed by atoms with Crippen molar-refractivity contribution < 1.29 is 22.8 Å². The molecule has 1 aliphatic rings. The molecule has 9 heteroatoms. The minimum atomic E-state index is -4.03. The second kappa shape index (κ2) is 4.26. The van der Waals surface area contributed by atoms with Gasteiger partial charge in [-0.3, -0.25) is 10.1 Å². The Labute approximate surface area is 102 Å². The largest absolute Gasteiger partial charge is 0.390 e. The zero-order chi connectivity index (χ0) is 13.5. The number of halogens is 1. The lowest BCUT2D eigenvalue weighted by Gasteiger charge is -2.34. The summed E-state index contributed by atoms with van der Waals surface area (Å²) in [4.78, 5) is 8.97. The molecule has 1 aromatic carbocycles. The Hall–Kier alpha value is -1.58. The van der Waals surface area contributed by atoms with Gasteiger partial charge in [-0.2, -0.15) is 4.31 Å². The van der Waals surface area contributed by atoms with Crippen molar-refractivity contribution in [1.29, 1.82) is 0 Å². The Morgan fingerprint density at radius 1 is 1.44 bits per heavy atom. The molecular formula is C9H9FN2O5S. The monoisotopic (exact) mass is 276 g/mol. The van der Waals surface area contributed by atoms with E-state index in [2.05, 4.69) is 0 Å². The fraction of sp³-hybridized carbons (Fsp3) is 0.333. The predicted molar refractivity (Wildman–Crippen MR) is 57.8 cm³/mol. The van der Waals surface area contributed by atoms with E-state index in [1.807, 2.05) is 0 Å². The van der Waals surface area contributed by atoms with Gasteiger partial charge in [-0.1, -0.05) is 0 Å². The number of aliphatic hydroxyl groups is 1. The molecule has 0 amide bonds. The second-order valence-corrected chi connectivity index (χ2v) is 5.75. The topological polar surface area (TPSA) is 101 Å². The Bertz CT molecular complexity index is 597. The number of nitro groups is 1. The average Bonchev–Trinajstić information content (AvgIpc) is 2.24. The SMILES string of the molecule is O=[N+]([O-])c1ccc(S(=O)(=O)N2CC(O)C2)c(F)c1. The quantitative estimate of drug-likeness (QED) is 0.623. The fourth-order valence-electron chi connectivity index (χ4n) is 1.56. The third kappa shape index (κ3) is 2.07. The van der Waals surface area contributed by atoms with Crippen LogP contribution in [0.4, 0.5) is 10.1 Å². The first-order chi connectivity index (χ1) is 8.32. The van der Waals surface area contributed by atoms with Crippen molar-refractivity contribution >= 4 is 15.7 Å². The van der Waals surface area contributed by atoms with Gasteiger partial charge in [0.2, 0.25) is 10.0 Å². The number of rotatable bonds is 3. The molecule has 1 saturated heterocycles. The molecule has 1 aliphatic heterocycles. The molecule has 18 heavy (non-hydrogen) atoms. The summed E-state index contributed by atoms with van der Waals surface area (Å²) in [5.41, 5.74) is -0.518. The van der Waals surface area contributed by atoms with Gasteiger partial charge in [0.25, 0.3) is 5.69 Å². The Morgan fingerprint density at radius 3 is 2.50 bits per heavy atom. The average molecular weight is 276 g/mol. The van der Waals surface area contributed by atoms with Gasteiger partial charge in [0.1, 0.15) is 10.7 Å². The van der Waals surface area contributed by atoms with Gasteiger partial charge in [-0.25, -0.2) is 12.8 Å². The lowest BCUT2D eigenvalue weighted by molar-refractivity contribution is -0.385. The number of hydrogen-bond donors (Lipinski definition) is 1. The van der Waals surface area contributed by atoms with Gasteiger partial charge >= 0.3 is 0 Å². The molecule has 7 nitrogen and oxygen atoms in total. The van der Waals surface area contributed by atoms with E-state index < -0.39 is 37.5 Å². The Morgan fingerprint density at radius 2 is 2.06 bits per heavy atom. The minimum Gasteiger partial charge on any atom is -0.390 e. The first-order valence-electron chi connectivity index (χ1n) is 4.94. The highest BCUT2D eigenvalue weighted by atomic mass is 32.2. The maximum absolute atomic E-state index is 13.6. The number of β-amino-alcohol motifs (C(OH)–C–C–N with tert-alkyl or cyclic N) is 1. The van der Waals surface area contributed by atoms with E-state index in [0.29, 0.717) is 6.07 Å². The van der Waals surface area contributed by atoms with Crippen LogP contribution in [-0.2, 0) is 10.0 Å². The number of aliphatic hydroxyl groups excluding tert-OH is 1. The molecule has 0 radical (unpaired) electrons. The summed E-state index contributed by atoms with van der Waals surface area (Å²) in [6.07, 6.45) is -0.749. The van der Waals surface area contributed by atoms with E-state index in [1.54, 1.807) is 0 Å². The summed E-state index contributed by atoms with van der Waals surface area (Å²) in [7, 11) is -4.03. The van der Waals surface area contributed by atoms with Gasteiger partial charge in [-0.15, -0.1) is 0 Å². The van der Waals surface area contributed by atoms with Gasteiger partial charge in [0.05, 0.1) is 17.1 Å². The molecule has 0 saturated carbocycles. The number of nitrogens with zero attached hydrogens (tertiary/aromatic N) is 2. The molecule has 0 unspecified atom stereocenters. The summed E-state index contributed by atoms with van der Waals surface area (Å²) in [6, 6.07) is 2.34. The van der Waals surface area contributed by atoms with Crippen molar-refractivity contribution in [2.45, 2.75) is 11.0 Å². The number of hydrogen-bond acceptors (Lipinski definition) is 5. The molecule has 0 atom stereocenters. The highest BCUT2D eigenvalue weighted by molar-refractivity contribution is 7.89. The van der Waals surface area contributed by atoms with Crippen LogP contribution in [0.5, 0.6) is 0 Å². The van der Waals surface area contributed by atoms with Crippen molar-refractivity contribution in [3.8, 4) is 0 Å². The summed E-state index contributed by atoms with van der Waals surface area (Å²) >= 11 is 0. The smallest absolute Gasteiger partial charge is 0.272 e. The fourth-order valence-corrected chi connectivity index (χ4v) is 3.12. The van der Waals surface area contributed by atoms with Gasteiger partial charge in [0.15, 0.2) is 0 Å². The number of sulfonamides is 1. The summed E-state index contributed by atoms with van der Waals surface area (Å²) in [5.74, 6) is -1.18. The molecule has 1 fully saturated rings. The zero-order valence-electron chi connectivity index (χ0n) is 8.98. The summed E-state index contributed by atoms with van der Waals surface area (Å²) < 4.78 is 38.2. The lowest BCUT2D eigenvalue weighted by Crippen LogP contribution is -2.53. The highest BCUT2D eigenvalue weighted by Gasteiger charge is 2.37. The predicted octanol–water partition coefficient (Wildman–Crippen LogP) is 0.0991. The van der Waals surface area contributed by atoms with E-state index in [9.17, 15) is 22.9 Å². The number of benzene rings is 1. The van der Waals surface area contributed by atoms with Crippen LogP contribution in [-0.4, -0.2) is 41.9 Å². The lowest BCUT2D eigenvalue weighted by atomic mass is 10.2. The Balaban J connectivity index is 2.37. The second-order valence-electron chi connectivity index (χ2n) is 3.85. The third-order valence-corrected chi connectivity index (χ3v) is 4.44. The standard InChI is InChI=1S/C9H9FN2O5S/c10-8-3-6(12(14)15)1-2-9(8)18(16,17)11-4-7(13)5-11/h1-3,7,13H,4-5H2. The maximum Gasteiger partial charge on any atom is 0.272 e. The molecule has 1 aromatic rings. The normalized spacial score (nSPS) is 17.4. The van der Waals surface area contributed by atoms with Gasteiger partial charge in [-0.05, 0) is 6.07 Å². The van der Waals surface area contributed by atoms with Crippen molar-refractivity contribution in [3.63, 3.8) is 0 Å². The van der Waals surface area contributed by atoms with Crippen LogP contribution in [0.1, 0.15) is 0 Å². The molecule has 0 spiro atoms. The van der Waals surface area contributed by atoms with Crippen LogP contribution in [0.3, 0.4) is 0 Å². The van der Waals surface area contributed by atoms with Crippen LogP contribution in [0.2, 0.25) is 0 Å². The zero-order valence-corrected chi connectivity index (χ0v) is 9.80. The molecule has 1 heterocycles. The minimum absolute atomic E-state index is 0.0985. The van der Waals surface area contributed by atoms with Crippen LogP contribution in [0.25, 0.3) is 0 Å². The van der Waals surface area contributed by atoms with E-state index >= 15 is 0 Å². The molecule has 0 bridgehead atoms. The van der Waals surface area contributed by atoms with Crippen LogP contribution < -0.4 is 0 Å². The molecule has 0 aromatic heterocycles. The molecule has 0 aliphatic carbocycles. The van der Waals surface area contributed by atoms with E-state index in [4.69, 9.17) is 5.11 Å². The number of nitro benzene ring substituents is 1. The van der Waals surface area contributed by atoms with E-state index in [1.165, 1.54) is 0 Å². The van der Waals surface area contributed by atoms with Crippen LogP contribution in [0, 0.1) is 15.9 Å². The van der Waals surface area contributed by atoms with Crippen molar-refractivity contribution in [3.05, 3.63) is 34.1 Å². The first-order valence-corrected chi connectivity index (χ1v) is 6.38. The van der Waals surface area contributed by atoms with Gasteiger partial charge in [0, 0.05) is 19.2 Å². The molecule has 2 rings (SSSR count). The first kappa shape index (κ1) is 12.9. The van der Waals surface area contributed by atoms with Crippen molar-refractivity contribution in [1.82, 2.24) is 4.31 Å². The van der Waals surface area contributed by atoms with Crippen molar-refractivity contribution in [2.75, 3.05) is 13.1 Å². The van der Waals surface area contributed by atoms with E-state index in [-0.39, 0.29) is 13.1 Å². The third-order valence-electron chi connectivity index (χ3n) is 2.57. The highest BCUT2D eigenvalue weighted by Crippen LogP contribution is 2.26. The molecular weight excluding hydrogens is 267 g/mol. The molecule has 98 valence electrons. The summed E-state index contributed by atoms with van der Waals surface area (Å²) in [6.45, 7) is -0.197.